The lowest BCUT2D eigenvalue weighted by Crippen LogP contribution is -2.57. The Morgan fingerprint density at radius 1 is 0.902 bits per heavy atom. The molecule has 226 valence electrons. The van der Waals surface area contributed by atoms with Crippen molar-refractivity contribution >= 4 is 40.5 Å². The van der Waals surface area contributed by atoms with Crippen molar-refractivity contribution in [3.8, 4) is 0 Å². The predicted molar refractivity (Wildman–Crippen MR) is 154 cm³/mol. The van der Waals surface area contributed by atoms with E-state index in [1.807, 2.05) is 38.1 Å². The van der Waals surface area contributed by atoms with E-state index in [1.165, 1.54) is 0 Å². The van der Waals surface area contributed by atoms with Gasteiger partial charge in [0.25, 0.3) is 0 Å². The summed E-state index contributed by atoms with van der Waals surface area (Å²) in [5, 5.41) is 18.4. The average Bonchev–Trinajstić information content (AvgIpc) is 3.32. The second kappa shape index (κ2) is 16.3. The number of nitrogens with two attached hydrogens (primary N) is 3. The molecule has 1 aromatic heterocycles. The molecule has 2 aromatic rings. The number of benzene rings is 1. The number of aromatic amines is 1. The van der Waals surface area contributed by atoms with Crippen LogP contribution in [-0.2, 0) is 30.4 Å². The first-order chi connectivity index (χ1) is 19.4. The number of carbonyl (C=O) groups excluding carboxylic acids is 4. The molecule has 0 spiro atoms. The van der Waals surface area contributed by atoms with Crippen LogP contribution in [0.3, 0.4) is 0 Å². The lowest BCUT2D eigenvalue weighted by atomic mass is 10.0. The molecule has 0 aliphatic carbocycles. The number of primary amides is 1. The minimum absolute atomic E-state index is 0.0135. The number of carboxylic acid groups (broad SMARTS) is 1. The predicted octanol–water partition coefficient (Wildman–Crippen LogP) is 0.0173. The molecule has 0 bridgehead atoms. The molecule has 0 saturated heterocycles. The fourth-order valence-electron chi connectivity index (χ4n) is 4.48. The van der Waals surface area contributed by atoms with Crippen LogP contribution < -0.4 is 33.2 Å². The highest BCUT2D eigenvalue weighted by Gasteiger charge is 2.31. The van der Waals surface area contributed by atoms with Crippen molar-refractivity contribution in [2.75, 3.05) is 6.54 Å². The van der Waals surface area contributed by atoms with E-state index in [2.05, 4.69) is 20.9 Å². The number of amides is 4. The van der Waals surface area contributed by atoms with Gasteiger partial charge in [-0.1, -0.05) is 32.0 Å². The monoisotopic (exact) mass is 573 g/mol. The maximum Gasteiger partial charge on any atom is 0.326 e. The van der Waals surface area contributed by atoms with Crippen LogP contribution >= 0.6 is 0 Å². The van der Waals surface area contributed by atoms with Gasteiger partial charge in [-0.15, -0.1) is 0 Å². The molecule has 0 aliphatic rings. The van der Waals surface area contributed by atoms with Crippen LogP contribution in [0.25, 0.3) is 10.9 Å². The van der Waals surface area contributed by atoms with Gasteiger partial charge in [-0.3, -0.25) is 19.2 Å². The minimum Gasteiger partial charge on any atom is -0.480 e. The van der Waals surface area contributed by atoms with E-state index in [0.29, 0.717) is 31.4 Å². The zero-order valence-corrected chi connectivity index (χ0v) is 23.7. The van der Waals surface area contributed by atoms with Crippen molar-refractivity contribution < 1.29 is 29.1 Å². The molecule has 41 heavy (non-hydrogen) atoms. The standard InChI is InChI=1S/C28H43N7O6/c1-16(2)13-19(30)25(37)33-22(10-11-24(31)36)27(39)34-21(9-5-6-12-29)26(38)35-23(28(40)41)14-17-15-32-20-8-4-3-7-18(17)20/h3-4,7-8,15-16,19,21-23,32H,5-6,9-14,29-30H2,1-2H3,(H2,31,36)(H,33,37)(H,34,39)(H,35,38)(H,40,41)/t19-,21-,22-,23-/m0/s1. The third-order valence-electron chi connectivity index (χ3n) is 6.67. The molecule has 0 unspecified atom stereocenters. The van der Waals surface area contributed by atoms with Crippen LogP contribution in [0, 0.1) is 5.92 Å². The second-order valence-electron chi connectivity index (χ2n) is 10.6. The van der Waals surface area contributed by atoms with Crippen molar-refractivity contribution in [2.45, 2.75) is 83.0 Å². The highest BCUT2D eigenvalue weighted by atomic mass is 16.4. The maximum absolute atomic E-state index is 13.3. The fourth-order valence-corrected chi connectivity index (χ4v) is 4.48. The van der Waals surface area contributed by atoms with E-state index in [-0.39, 0.29) is 31.6 Å². The minimum atomic E-state index is -1.27. The quantitative estimate of drug-likeness (QED) is 0.113. The van der Waals surface area contributed by atoms with Crippen molar-refractivity contribution in [3.05, 3.63) is 36.0 Å². The molecule has 11 N–H and O–H groups in total. The molecular formula is C28H43N7O6. The Morgan fingerprint density at radius 3 is 2.12 bits per heavy atom. The number of fused-ring (bicyclic) bond motifs is 1. The summed E-state index contributed by atoms with van der Waals surface area (Å²) in [5.41, 5.74) is 18.4. The zero-order valence-electron chi connectivity index (χ0n) is 23.7. The highest BCUT2D eigenvalue weighted by molar-refractivity contribution is 5.94. The molecule has 1 heterocycles. The van der Waals surface area contributed by atoms with Crippen LogP contribution in [0.1, 0.15) is 57.9 Å². The molecule has 0 saturated carbocycles. The first-order valence-electron chi connectivity index (χ1n) is 13.9. The second-order valence-corrected chi connectivity index (χ2v) is 10.6. The van der Waals surface area contributed by atoms with Gasteiger partial charge >= 0.3 is 5.97 Å². The summed E-state index contributed by atoms with van der Waals surface area (Å²) >= 11 is 0. The van der Waals surface area contributed by atoms with Crippen LogP contribution in [0.2, 0.25) is 0 Å². The molecule has 13 heteroatoms. The summed E-state index contributed by atoms with van der Waals surface area (Å²) in [6, 6.07) is 2.96. The van der Waals surface area contributed by atoms with E-state index in [4.69, 9.17) is 17.2 Å². The lowest BCUT2D eigenvalue weighted by Gasteiger charge is -2.25. The number of carbonyl (C=O) groups is 5. The number of hydrogen-bond acceptors (Lipinski definition) is 7. The van der Waals surface area contributed by atoms with Crippen molar-refractivity contribution in [1.29, 1.82) is 0 Å². The van der Waals surface area contributed by atoms with Gasteiger partial charge < -0.3 is 43.2 Å². The zero-order chi connectivity index (χ0) is 30.5. The Kier molecular flexibility index (Phi) is 13.2. The van der Waals surface area contributed by atoms with Gasteiger partial charge in [-0.05, 0) is 56.2 Å². The molecule has 0 aliphatic heterocycles. The van der Waals surface area contributed by atoms with Gasteiger partial charge in [0, 0.05) is 29.9 Å². The molecule has 1 aromatic carbocycles. The van der Waals surface area contributed by atoms with Gasteiger partial charge in [0.05, 0.1) is 6.04 Å². The van der Waals surface area contributed by atoms with Gasteiger partial charge in [-0.25, -0.2) is 4.79 Å². The van der Waals surface area contributed by atoms with Crippen LogP contribution in [0.15, 0.2) is 30.5 Å². The summed E-state index contributed by atoms with van der Waals surface area (Å²) in [7, 11) is 0. The summed E-state index contributed by atoms with van der Waals surface area (Å²) in [6.07, 6.45) is 3.04. The smallest absolute Gasteiger partial charge is 0.326 e. The molecule has 4 atom stereocenters. The molecule has 13 nitrogen and oxygen atoms in total. The van der Waals surface area contributed by atoms with E-state index in [0.717, 1.165) is 10.9 Å². The van der Waals surface area contributed by atoms with Gasteiger partial charge in [0.1, 0.15) is 18.1 Å². The molecule has 4 amide bonds. The number of para-hydroxylation sites is 1. The Bertz CT molecular complexity index is 1200. The largest absolute Gasteiger partial charge is 0.480 e. The van der Waals surface area contributed by atoms with Gasteiger partial charge in [0.15, 0.2) is 0 Å². The third kappa shape index (κ3) is 10.8. The number of aromatic nitrogens is 1. The number of H-pyrrole nitrogens is 1. The maximum atomic E-state index is 13.3. The normalized spacial score (nSPS) is 14.2. The van der Waals surface area contributed by atoms with E-state index in [1.54, 1.807) is 6.20 Å². The van der Waals surface area contributed by atoms with E-state index >= 15 is 0 Å². The fraction of sp³-hybridized carbons (Fsp3) is 0.536. The summed E-state index contributed by atoms with van der Waals surface area (Å²) in [6.45, 7) is 4.17. The molecule has 0 fully saturated rings. The number of rotatable bonds is 18. The topological polar surface area (TPSA) is 236 Å². The summed E-state index contributed by atoms with van der Waals surface area (Å²) in [5.74, 6) is -3.75. The number of unbranched alkanes of at least 4 members (excludes halogenated alkanes) is 1. The van der Waals surface area contributed by atoms with Crippen molar-refractivity contribution in [1.82, 2.24) is 20.9 Å². The van der Waals surface area contributed by atoms with E-state index < -0.39 is 53.8 Å². The Morgan fingerprint density at radius 2 is 1.51 bits per heavy atom. The number of carboxylic acids is 1. The number of aliphatic carboxylic acids is 1. The first kappa shape index (κ1) is 33.2. The first-order valence-corrected chi connectivity index (χ1v) is 13.9. The Labute approximate surface area is 239 Å². The third-order valence-corrected chi connectivity index (χ3v) is 6.67. The molecule has 2 rings (SSSR count). The highest BCUT2D eigenvalue weighted by Crippen LogP contribution is 2.19. The Balaban J connectivity index is 2.19. The molecule has 0 radical (unpaired) electrons. The van der Waals surface area contributed by atoms with E-state index in [9.17, 15) is 29.1 Å². The average molecular weight is 574 g/mol. The summed E-state index contributed by atoms with van der Waals surface area (Å²) in [4.78, 5) is 65.8. The van der Waals surface area contributed by atoms with Crippen molar-refractivity contribution in [2.24, 2.45) is 23.1 Å². The van der Waals surface area contributed by atoms with Gasteiger partial charge in [0.2, 0.25) is 23.6 Å². The molecular weight excluding hydrogens is 530 g/mol. The SMILES string of the molecule is CC(C)C[C@H](N)C(=O)N[C@@H](CCC(N)=O)C(=O)N[C@@H](CCCCN)C(=O)N[C@@H](Cc1c[nH]c2ccccc12)C(=O)O. The van der Waals surface area contributed by atoms with Gasteiger partial charge in [-0.2, -0.15) is 0 Å². The lowest BCUT2D eigenvalue weighted by molar-refractivity contribution is -0.142. The number of nitrogens with one attached hydrogen (secondary N) is 4. The van der Waals surface area contributed by atoms with Crippen LogP contribution in [0.4, 0.5) is 0 Å². The van der Waals surface area contributed by atoms with Crippen LogP contribution in [-0.4, -0.2) is 70.4 Å². The van der Waals surface area contributed by atoms with Crippen molar-refractivity contribution in [3.63, 3.8) is 0 Å². The Hall–Kier alpha value is -3.97. The number of hydrogen-bond donors (Lipinski definition) is 8. The van der Waals surface area contributed by atoms with Crippen LogP contribution in [0.5, 0.6) is 0 Å². The summed E-state index contributed by atoms with van der Waals surface area (Å²) < 4.78 is 0.